The zero-order chi connectivity index (χ0) is 18.8. The second kappa shape index (κ2) is 6.96. The molecule has 2 aromatic carbocycles. The minimum atomic E-state index is -0.342. The molecule has 0 unspecified atom stereocenters. The summed E-state index contributed by atoms with van der Waals surface area (Å²) in [4.78, 5) is 27.3. The van der Waals surface area contributed by atoms with Crippen LogP contribution in [0.4, 0.5) is 0 Å². The molecule has 5 heteroatoms. The molecule has 0 N–H and O–H groups in total. The van der Waals surface area contributed by atoms with E-state index in [0.29, 0.717) is 22.5 Å². The highest BCUT2D eigenvalue weighted by atomic mass is 16.5. The zero-order valence-corrected chi connectivity index (χ0v) is 14.7. The van der Waals surface area contributed by atoms with E-state index in [1.165, 1.54) is 4.90 Å². The molecule has 27 heavy (non-hydrogen) atoms. The summed E-state index contributed by atoms with van der Waals surface area (Å²) in [6, 6.07) is 18.0. The molecule has 4 rings (SSSR count). The van der Waals surface area contributed by atoms with Gasteiger partial charge in [-0.15, -0.1) is 0 Å². The van der Waals surface area contributed by atoms with E-state index >= 15 is 0 Å². The Labute approximate surface area is 156 Å². The topological polar surface area (TPSA) is 59.8 Å². The van der Waals surface area contributed by atoms with Gasteiger partial charge in [0.25, 0.3) is 11.8 Å². The lowest BCUT2D eigenvalue weighted by molar-refractivity contribution is -0.123. The fourth-order valence-electron chi connectivity index (χ4n) is 3.11. The third-order valence-corrected chi connectivity index (χ3v) is 4.50. The molecule has 0 fully saturated rings. The Kier molecular flexibility index (Phi) is 4.34. The number of methoxy groups -OCH3 is 1. The van der Waals surface area contributed by atoms with Crippen LogP contribution in [0.2, 0.25) is 0 Å². The van der Waals surface area contributed by atoms with E-state index in [1.54, 1.807) is 49.8 Å². The lowest BCUT2D eigenvalue weighted by atomic mass is 9.92. The number of benzene rings is 2. The van der Waals surface area contributed by atoms with Gasteiger partial charge < -0.3 is 9.15 Å². The van der Waals surface area contributed by atoms with Crippen molar-refractivity contribution in [3.05, 3.63) is 89.4 Å². The molecule has 0 spiro atoms. The van der Waals surface area contributed by atoms with E-state index < -0.39 is 0 Å². The summed E-state index contributed by atoms with van der Waals surface area (Å²) in [6.07, 6.45) is 3.22. The molecule has 1 aromatic heterocycles. The second-order valence-corrected chi connectivity index (χ2v) is 6.16. The number of hydrogen-bond acceptors (Lipinski definition) is 4. The quantitative estimate of drug-likeness (QED) is 0.522. The van der Waals surface area contributed by atoms with Gasteiger partial charge in [0.1, 0.15) is 11.5 Å². The van der Waals surface area contributed by atoms with Crippen LogP contribution >= 0.6 is 0 Å². The van der Waals surface area contributed by atoms with Crippen molar-refractivity contribution in [3.8, 4) is 5.75 Å². The lowest BCUT2D eigenvalue weighted by Crippen LogP contribution is -2.41. The van der Waals surface area contributed by atoms with Crippen LogP contribution in [0.15, 0.2) is 71.3 Å². The third-order valence-electron chi connectivity index (χ3n) is 4.50. The van der Waals surface area contributed by atoms with Crippen LogP contribution < -0.4 is 4.74 Å². The van der Waals surface area contributed by atoms with E-state index in [-0.39, 0.29) is 18.4 Å². The number of carbonyl (C=O) groups is 2. The second-order valence-electron chi connectivity index (χ2n) is 6.16. The number of rotatable bonds is 4. The van der Waals surface area contributed by atoms with Gasteiger partial charge in [-0.2, -0.15) is 0 Å². The minimum Gasteiger partial charge on any atom is -0.497 e. The number of ether oxygens (including phenoxy) is 1. The molecule has 1 aliphatic rings. The minimum absolute atomic E-state index is 0.186. The number of furan rings is 1. The molecule has 0 saturated heterocycles. The first-order chi connectivity index (χ1) is 13.2. The molecule has 0 atom stereocenters. The normalized spacial score (nSPS) is 15.1. The monoisotopic (exact) mass is 359 g/mol. The molecule has 2 amide bonds. The summed E-state index contributed by atoms with van der Waals surface area (Å²) in [5, 5.41) is 0. The number of imide groups is 1. The van der Waals surface area contributed by atoms with Crippen molar-refractivity contribution in [1.82, 2.24) is 4.90 Å². The van der Waals surface area contributed by atoms with Crippen molar-refractivity contribution in [3.63, 3.8) is 0 Å². The maximum absolute atomic E-state index is 13.1. The molecule has 5 nitrogen and oxygen atoms in total. The van der Waals surface area contributed by atoms with Crippen LogP contribution in [-0.2, 0) is 11.3 Å². The largest absolute Gasteiger partial charge is 0.497 e. The van der Waals surface area contributed by atoms with Crippen LogP contribution in [0.3, 0.4) is 0 Å². The van der Waals surface area contributed by atoms with E-state index in [2.05, 4.69) is 0 Å². The lowest BCUT2D eigenvalue weighted by Gasteiger charge is -2.28. The Morgan fingerprint density at radius 2 is 1.67 bits per heavy atom. The molecular formula is C22H17NO4. The predicted molar refractivity (Wildman–Crippen MR) is 101 cm³/mol. The summed E-state index contributed by atoms with van der Waals surface area (Å²) < 4.78 is 10.5. The first-order valence-corrected chi connectivity index (χ1v) is 8.51. The summed E-state index contributed by atoms with van der Waals surface area (Å²) in [6.45, 7) is 0.186. The summed E-state index contributed by atoms with van der Waals surface area (Å²) >= 11 is 0. The summed E-state index contributed by atoms with van der Waals surface area (Å²) in [5.41, 5.74) is 2.40. The van der Waals surface area contributed by atoms with Gasteiger partial charge in [-0.3, -0.25) is 14.5 Å². The van der Waals surface area contributed by atoms with Gasteiger partial charge in [0, 0.05) is 11.1 Å². The third kappa shape index (κ3) is 3.15. The van der Waals surface area contributed by atoms with Gasteiger partial charge in [0.15, 0.2) is 0 Å². The van der Waals surface area contributed by atoms with Gasteiger partial charge >= 0.3 is 0 Å². The zero-order valence-electron chi connectivity index (χ0n) is 14.7. The van der Waals surface area contributed by atoms with Gasteiger partial charge in [0.05, 0.1) is 25.5 Å². The van der Waals surface area contributed by atoms with E-state index in [9.17, 15) is 9.59 Å². The first kappa shape index (κ1) is 16.8. The van der Waals surface area contributed by atoms with Gasteiger partial charge in [-0.1, -0.05) is 30.3 Å². The molecule has 0 aliphatic carbocycles. The highest BCUT2D eigenvalue weighted by Gasteiger charge is 2.34. The molecule has 2 heterocycles. The maximum atomic E-state index is 13.1. The average molecular weight is 359 g/mol. The van der Waals surface area contributed by atoms with Crippen LogP contribution in [0.25, 0.3) is 11.6 Å². The molecule has 3 aromatic rings. The fourth-order valence-corrected chi connectivity index (χ4v) is 3.11. The van der Waals surface area contributed by atoms with Crippen LogP contribution in [0.5, 0.6) is 5.75 Å². The van der Waals surface area contributed by atoms with Crippen molar-refractivity contribution in [2.75, 3.05) is 7.11 Å². The smallest absolute Gasteiger partial charge is 0.261 e. The molecule has 0 radical (unpaired) electrons. The van der Waals surface area contributed by atoms with Crippen molar-refractivity contribution < 1.29 is 18.7 Å². The molecule has 1 aliphatic heterocycles. The van der Waals surface area contributed by atoms with Gasteiger partial charge in [-0.25, -0.2) is 0 Å². The van der Waals surface area contributed by atoms with Crippen LogP contribution in [-0.4, -0.2) is 23.8 Å². The van der Waals surface area contributed by atoms with Crippen molar-refractivity contribution in [1.29, 1.82) is 0 Å². The predicted octanol–water partition coefficient (Wildman–Crippen LogP) is 4.01. The van der Waals surface area contributed by atoms with E-state index in [4.69, 9.17) is 9.15 Å². The van der Waals surface area contributed by atoms with Crippen molar-refractivity contribution in [2.24, 2.45) is 0 Å². The Balaban J connectivity index is 1.74. The maximum Gasteiger partial charge on any atom is 0.261 e. The Morgan fingerprint density at radius 1 is 0.926 bits per heavy atom. The Bertz CT molecular complexity index is 1020. The highest BCUT2D eigenvalue weighted by Crippen LogP contribution is 2.31. The molecule has 0 bridgehead atoms. The standard InChI is InChI=1S/C22H17NO4/c1-26-16-10-8-15(9-11-16)14-23-21(24)19-7-3-2-6-18(19)20(22(23)25)13-17-5-4-12-27-17/h2-13H,14H2,1H3/b20-13-. The first-order valence-electron chi connectivity index (χ1n) is 8.51. The summed E-state index contributed by atoms with van der Waals surface area (Å²) in [7, 11) is 1.59. The Morgan fingerprint density at radius 3 is 2.33 bits per heavy atom. The van der Waals surface area contributed by atoms with E-state index in [0.717, 1.165) is 11.3 Å². The van der Waals surface area contributed by atoms with Gasteiger partial charge in [0.2, 0.25) is 0 Å². The number of amides is 2. The van der Waals surface area contributed by atoms with Crippen molar-refractivity contribution >= 4 is 23.5 Å². The van der Waals surface area contributed by atoms with Crippen LogP contribution in [0.1, 0.15) is 27.2 Å². The molecular weight excluding hydrogens is 342 g/mol. The molecule has 134 valence electrons. The summed E-state index contributed by atoms with van der Waals surface area (Å²) in [5.74, 6) is 0.639. The average Bonchev–Trinajstić information content (AvgIpc) is 3.22. The van der Waals surface area contributed by atoms with Crippen LogP contribution in [0, 0.1) is 0 Å². The van der Waals surface area contributed by atoms with Gasteiger partial charge in [-0.05, 0) is 42.0 Å². The van der Waals surface area contributed by atoms with Crippen molar-refractivity contribution in [2.45, 2.75) is 6.54 Å². The van der Waals surface area contributed by atoms with E-state index in [1.807, 2.05) is 30.3 Å². The number of hydrogen-bond donors (Lipinski definition) is 0. The number of carbonyl (C=O) groups excluding carboxylic acids is 2. The number of nitrogens with zero attached hydrogens (tertiary/aromatic N) is 1. The molecule has 0 saturated carbocycles. The number of fused-ring (bicyclic) bond motifs is 1. The Hall–Kier alpha value is -3.60. The SMILES string of the molecule is COc1ccc(CN2C(=O)/C(=C\c3ccco3)c3ccccc3C2=O)cc1. The highest BCUT2D eigenvalue weighted by molar-refractivity contribution is 6.33. The fraction of sp³-hybridized carbons (Fsp3) is 0.0909.